The molecular weight excluding hydrogens is 435 g/mol. The number of benzene rings is 2. The lowest BCUT2D eigenvalue weighted by Gasteiger charge is -2.49. The molecule has 1 saturated carbocycles. The van der Waals surface area contributed by atoms with Crippen LogP contribution in [0, 0.1) is 5.92 Å². The fourth-order valence-electron chi connectivity index (χ4n) is 4.74. The highest BCUT2D eigenvalue weighted by molar-refractivity contribution is 8.14. The monoisotopic (exact) mass is 451 g/mol. The summed E-state index contributed by atoms with van der Waals surface area (Å²) in [5, 5.41) is 2.67. The molecule has 2 fully saturated rings. The molecule has 6 rings (SSSR count). The van der Waals surface area contributed by atoms with Gasteiger partial charge in [0.25, 0.3) is 5.24 Å². The molecule has 156 valence electrons. The van der Waals surface area contributed by atoms with Gasteiger partial charge in [-0.2, -0.15) is 13.2 Å². The summed E-state index contributed by atoms with van der Waals surface area (Å²) in [6.07, 6.45) is -2.34. The van der Waals surface area contributed by atoms with Crippen LogP contribution >= 0.6 is 23.4 Å². The van der Waals surface area contributed by atoms with Gasteiger partial charge in [0.2, 0.25) is 0 Å². The third-order valence-corrected chi connectivity index (χ3v) is 7.64. The van der Waals surface area contributed by atoms with E-state index >= 15 is 0 Å². The summed E-state index contributed by atoms with van der Waals surface area (Å²) in [6, 6.07) is 8.83. The highest BCUT2D eigenvalue weighted by atomic mass is 35.5. The Labute approximate surface area is 180 Å². The van der Waals surface area contributed by atoms with E-state index in [9.17, 15) is 18.0 Å². The number of nitrogens with one attached hydrogen (secondary N) is 1. The molecule has 1 heterocycles. The van der Waals surface area contributed by atoms with Crippen LogP contribution in [0.2, 0.25) is 5.02 Å². The lowest BCUT2D eigenvalue weighted by molar-refractivity contribution is -0.137. The molecule has 30 heavy (non-hydrogen) atoms. The standard InChI is InChI=1S/C22H17ClF3NO2S/c1-10-20(30-21(28)27-10)19-12-6-11(7-12)16-9-14(3-4-15(16)19)29-18-5-2-13(8-17(18)23)22(24,25)26/h2-5,8-9,11-12,19-20H,1,6-7H2,(H,27,28)/t11?,12?,19-,20?/m1/s1. The molecule has 0 spiro atoms. The first kappa shape index (κ1) is 19.8. The zero-order valence-corrected chi connectivity index (χ0v) is 17.2. The quantitative estimate of drug-likeness (QED) is 0.541. The topological polar surface area (TPSA) is 38.3 Å². The second kappa shape index (κ2) is 6.95. The number of halogens is 4. The Morgan fingerprint density at radius 3 is 2.53 bits per heavy atom. The van der Waals surface area contributed by atoms with Gasteiger partial charge in [-0.05, 0) is 66.1 Å². The highest BCUT2D eigenvalue weighted by Gasteiger charge is 2.49. The van der Waals surface area contributed by atoms with E-state index in [1.807, 2.05) is 18.2 Å². The number of alkyl halides is 3. The number of amides is 1. The van der Waals surface area contributed by atoms with Gasteiger partial charge in [-0.1, -0.05) is 36.0 Å². The molecule has 2 atom stereocenters. The molecule has 4 aliphatic rings. The minimum Gasteiger partial charge on any atom is -0.456 e. The lowest BCUT2D eigenvalue weighted by Crippen LogP contribution is -2.39. The van der Waals surface area contributed by atoms with Crippen LogP contribution in [-0.4, -0.2) is 10.5 Å². The summed E-state index contributed by atoms with van der Waals surface area (Å²) in [6.45, 7) is 4.02. The molecule has 1 N–H and O–H groups in total. The highest BCUT2D eigenvalue weighted by Crippen LogP contribution is 2.60. The number of rotatable bonds is 3. The Bertz CT molecular complexity index is 1060. The van der Waals surface area contributed by atoms with Gasteiger partial charge in [-0.25, -0.2) is 0 Å². The number of hydrogen-bond donors (Lipinski definition) is 1. The van der Waals surface area contributed by atoms with Crippen LogP contribution < -0.4 is 10.1 Å². The van der Waals surface area contributed by atoms with Gasteiger partial charge in [0, 0.05) is 11.6 Å². The first-order chi connectivity index (χ1) is 14.2. The number of hydrogen-bond acceptors (Lipinski definition) is 3. The molecule has 2 aromatic rings. The second-order valence-electron chi connectivity index (χ2n) is 7.97. The first-order valence-electron chi connectivity index (χ1n) is 9.55. The third kappa shape index (κ3) is 3.28. The van der Waals surface area contributed by atoms with Crippen LogP contribution in [-0.2, 0) is 6.18 Å². The zero-order chi connectivity index (χ0) is 21.2. The Morgan fingerprint density at radius 1 is 1.13 bits per heavy atom. The zero-order valence-electron chi connectivity index (χ0n) is 15.6. The Kier molecular flexibility index (Phi) is 4.59. The SMILES string of the molecule is C=C1NC(=O)SC1[C@H]1c2ccc(Oc3ccc(C(F)(F)F)cc3Cl)cc2C2CC1C2. The Hall–Kier alpha value is -2.12. The number of carbonyl (C=O) groups is 1. The lowest BCUT2D eigenvalue weighted by atomic mass is 9.56. The minimum atomic E-state index is -4.46. The Morgan fingerprint density at radius 2 is 1.90 bits per heavy atom. The molecule has 0 aromatic heterocycles. The minimum absolute atomic E-state index is 0.0126. The van der Waals surface area contributed by atoms with Gasteiger partial charge in [-0.15, -0.1) is 0 Å². The molecule has 8 heteroatoms. The van der Waals surface area contributed by atoms with Crippen molar-refractivity contribution in [1.29, 1.82) is 0 Å². The fraction of sp³-hybridized carbons (Fsp3) is 0.318. The van der Waals surface area contributed by atoms with Crippen molar-refractivity contribution in [2.24, 2.45) is 5.92 Å². The maximum absolute atomic E-state index is 12.8. The van der Waals surface area contributed by atoms with E-state index in [0.717, 1.165) is 30.7 Å². The molecule has 1 amide bonds. The number of ether oxygens (including phenoxy) is 1. The van der Waals surface area contributed by atoms with Gasteiger partial charge in [0.1, 0.15) is 11.5 Å². The molecular formula is C22H17ClF3NO2S. The molecule has 1 aliphatic heterocycles. The summed E-state index contributed by atoms with van der Waals surface area (Å²) >= 11 is 7.32. The normalized spacial score (nSPS) is 27.3. The smallest absolute Gasteiger partial charge is 0.416 e. The molecule has 3 aliphatic carbocycles. The largest absolute Gasteiger partial charge is 0.456 e. The summed E-state index contributed by atoms with van der Waals surface area (Å²) in [7, 11) is 0. The van der Waals surface area contributed by atoms with Crippen LogP contribution in [0.3, 0.4) is 0 Å². The van der Waals surface area contributed by atoms with Crippen molar-refractivity contribution in [3.63, 3.8) is 0 Å². The third-order valence-electron chi connectivity index (χ3n) is 6.19. The number of carbonyl (C=O) groups excluding carboxylic acids is 1. The van der Waals surface area contributed by atoms with E-state index in [2.05, 4.69) is 11.9 Å². The predicted molar refractivity (Wildman–Crippen MR) is 110 cm³/mol. The average molecular weight is 452 g/mol. The van der Waals surface area contributed by atoms with E-state index in [1.54, 1.807) is 0 Å². The van der Waals surface area contributed by atoms with Gasteiger partial charge in [0.15, 0.2) is 0 Å². The van der Waals surface area contributed by atoms with Crippen molar-refractivity contribution in [3.8, 4) is 11.5 Å². The molecule has 2 bridgehead atoms. The van der Waals surface area contributed by atoms with Crippen molar-refractivity contribution >= 4 is 28.6 Å². The summed E-state index contributed by atoms with van der Waals surface area (Å²) in [5.41, 5.74) is 2.31. The van der Waals surface area contributed by atoms with Crippen molar-refractivity contribution in [2.75, 3.05) is 0 Å². The molecule has 2 aromatic carbocycles. The predicted octanol–water partition coefficient (Wildman–Crippen LogP) is 7.08. The van der Waals surface area contributed by atoms with Gasteiger partial charge >= 0.3 is 6.18 Å². The average Bonchev–Trinajstić information content (AvgIpc) is 2.98. The van der Waals surface area contributed by atoms with Crippen LogP contribution in [0.15, 0.2) is 48.7 Å². The van der Waals surface area contributed by atoms with Crippen molar-refractivity contribution in [2.45, 2.75) is 36.1 Å². The van der Waals surface area contributed by atoms with Crippen molar-refractivity contribution in [1.82, 2.24) is 5.32 Å². The maximum atomic E-state index is 12.8. The summed E-state index contributed by atoms with van der Waals surface area (Å²) in [4.78, 5) is 11.8. The van der Waals surface area contributed by atoms with E-state index in [1.165, 1.54) is 29.0 Å². The van der Waals surface area contributed by atoms with Crippen molar-refractivity contribution < 1.29 is 22.7 Å². The van der Waals surface area contributed by atoms with Crippen molar-refractivity contribution in [3.05, 3.63) is 70.4 Å². The van der Waals surface area contributed by atoms with Crippen LogP contribution in [0.1, 0.15) is 41.4 Å². The van der Waals surface area contributed by atoms with Gasteiger partial charge < -0.3 is 10.1 Å². The maximum Gasteiger partial charge on any atom is 0.416 e. The first-order valence-corrected chi connectivity index (χ1v) is 10.8. The molecule has 0 radical (unpaired) electrons. The van der Waals surface area contributed by atoms with E-state index in [4.69, 9.17) is 16.3 Å². The van der Waals surface area contributed by atoms with E-state index in [-0.39, 0.29) is 27.2 Å². The summed E-state index contributed by atoms with van der Waals surface area (Å²) in [5.74, 6) is 1.89. The summed E-state index contributed by atoms with van der Waals surface area (Å²) < 4.78 is 44.4. The van der Waals surface area contributed by atoms with E-state index in [0.29, 0.717) is 17.6 Å². The van der Waals surface area contributed by atoms with Crippen LogP contribution in [0.25, 0.3) is 0 Å². The van der Waals surface area contributed by atoms with E-state index < -0.39 is 11.7 Å². The van der Waals surface area contributed by atoms with Crippen LogP contribution in [0.5, 0.6) is 11.5 Å². The second-order valence-corrected chi connectivity index (χ2v) is 9.49. The molecule has 1 saturated heterocycles. The fourth-order valence-corrected chi connectivity index (χ4v) is 6.10. The molecule has 3 nitrogen and oxygen atoms in total. The van der Waals surface area contributed by atoms with Gasteiger partial charge in [-0.3, -0.25) is 4.79 Å². The van der Waals surface area contributed by atoms with Gasteiger partial charge in [0.05, 0.1) is 15.8 Å². The van der Waals surface area contributed by atoms with Crippen LogP contribution in [0.4, 0.5) is 18.0 Å². The number of thioether (sulfide) groups is 1. The Balaban J connectivity index is 1.43. The molecule has 1 unspecified atom stereocenters.